The van der Waals surface area contributed by atoms with Gasteiger partial charge in [0.2, 0.25) is 0 Å². The molecule has 0 aliphatic heterocycles. The van der Waals surface area contributed by atoms with Gasteiger partial charge in [0.15, 0.2) is 0 Å². The van der Waals surface area contributed by atoms with E-state index in [9.17, 15) is 9.59 Å². The van der Waals surface area contributed by atoms with E-state index in [1.54, 1.807) is 27.0 Å². The van der Waals surface area contributed by atoms with Crippen LogP contribution >= 0.6 is 0 Å². The number of rotatable bonds is 7. The Morgan fingerprint density at radius 2 is 1.78 bits per heavy atom. The van der Waals surface area contributed by atoms with Gasteiger partial charge in [0.1, 0.15) is 18.2 Å². The zero-order valence-electron chi connectivity index (χ0n) is 16.0. The van der Waals surface area contributed by atoms with E-state index >= 15 is 0 Å². The molecule has 0 radical (unpaired) electrons. The SMILES string of the molecule is CC(C)(C)OC(=O)N[C@@H](CCc1ccccn1)C(=O)OCc1ccccc1. The van der Waals surface area contributed by atoms with Gasteiger partial charge in [-0.3, -0.25) is 4.98 Å². The maximum atomic E-state index is 12.5. The Morgan fingerprint density at radius 1 is 1.07 bits per heavy atom. The summed E-state index contributed by atoms with van der Waals surface area (Å²) < 4.78 is 10.6. The van der Waals surface area contributed by atoms with Gasteiger partial charge >= 0.3 is 12.1 Å². The molecule has 144 valence electrons. The summed E-state index contributed by atoms with van der Waals surface area (Å²) >= 11 is 0. The third-order valence-electron chi connectivity index (χ3n) is 3.61. The van der Waals surface area contributed by atoms with Crippen LogP contribution in [0.25, 0.3) is 0 Å². The Balaban J connectivity index is 1.98. The fourth-order valence-electron chi connectivity index (χ4n) is 2.37. The molecule has 0 saturated heterocycles. The minimum atomic E-state index is -0.814. The van der Waals surface area contributed by atoms with Crippen LogP contribution in [0.1, 0.15) is 38.4 Å². The van der Waals surface area contributed by atoms with Gasteiger partial charge in [0.25, 0.3) is 0 Å². The van der Waals surface area contributed by atoms with E-state index < -0.39 is 23.7 Å². The molecule has 6 nitrogen and oxygen atoms in total. The first-order valence-corrected chi connectivity index (χ1v) is 8.93. The molecule has 0 aliphatic rings. The van der Waals surface area contributed by atoms with Crippen molar-refractivity contribution in [3.05, 3.63) is 66.0 Å². The molecule has 0 aliphatic carbocycles. The van der Waals surface area contributed by atoms with E-state index in [1.165, 1.54) is 0 Å². The zero-order valence-corrected chi connectivity index (χ0v) is 16.0. The number of carbonyl (C=O) groups is 2. The van der Waals surface area contributed by atoms with E-state index in [0.717, 1.165) is 11.3 Å². The van der Waals surface area contributed by atoms with Crippen LogP contribution in [0, 0.1) is 0 Å². The maximum absolute atomic E-state index is 12.5. The second-order valence-corrected chi connectivity index (χ2v) is 7.15. The lowest BCUT2D eigenvalue weighted by Gasteiger charge is -2.23. The number of pyridine rings is 1. The Kier molecular flexibility index (Phi) is 7.34. The quantitative estimate of drug-likeness (QED) is 0.753. The molecule has 6 heteroatoms. The van der Waals surface area contributed by atoms with Gasteiger partial charge in [-0.1, -0.05) is 36.4 Å². The Morgan fingerprint density at radius 3 is 2.41 bits per heavy atom. The number of alkyl carbamates (subject to hydrolysis) is 1. The third-order valence-corrected chi connectivity index (χ3v) is 3.61. The molecule has 0 spiro atoms. The fraction of sp³-hybridized carbons (Fsp3) is 0.381. The van der Waals surface area contributed by atoms with Gasteiger partial charge in [-0.15, -0.1) is 0 Å². The van der Waals surface area contributed by atoms with Crippen molar-refractivity contribution < 1.29 is 19.1 Å². The molecule has 27 heavy (non-hydrogen) atoms. The van der Waals surface area contributed by atoms with Gasteiger partial charge in [0, 0.05) is 11.9 Å². The zero-order chi connectivity index (χ0) is 19.7. The monoisotopic (exact) mass is 370 g/mol. The smallest absolute Gasteiger partial charge is 0.408 e. The third kappa shape index (κ3) is 7.90. The molecule has 2 aromatic rings. The molecular formula is C21H26N2O4. The van der Waals surface area contributed by atoms with Gasteiger partial charge in [-0.2, -0.15) is 0 Å². The molecule has 1 atom stereocenters. The van der Waals surface area contributed by atoms with Gasteiger partial charge < -0.3 is 14.8 Å². The van der Waals surface area contributed by atoms with Crippen molar-refractivity contribution >= 4 is 12.1 Å². The van der Waals surface area contributed by atoms with Crippen molar-refractivity contribution in [3.63, 3.8) is 0 Å². The van der Waals surface area contributed by atoms with Crippen molar-refractivity contribution in [2.45, 2.75) is 51.9 Å². The molecule has 0 bridgehead atoms. The van der Waals surface area contributed by atoms with Crippen LogP contribution in [-0.4, -0.2) is 28.7 Å². The van der Waals surface area contributed by atoms with Crippen molar-refractivity contribution in [1.82, 2.24) is 10.3 Å². The van der Waals surface area contributed by atoms with Crippen LogP contribution in [0.15, 0.2) is 54.7 Å². The minimum absolute atomic E-state index is 0.149. The number of esters is 1. The standard InChI is InChI=1S/C21H26N2O4/c1-21(2,3)27-20(25)23-18(13-12-17-11-7-8-14-22-17)19(24)26-15-16-9-5-4-6-10-16/h4-11,14,18H,12-13,15H2,1-3H3,(H,23,25)/t18-/m0/s1. The molecule has 1 aromatic heterocycles. The lowest BCUT2D eigenvalue weighted by molar-refractivity contribution is -0.147. The normalized spacial score (nSPS) is 12.1. The minimum Gasteiger partial charge on any atom is -0.459 e. The summed E-state index contributed by atoms with van der Waals surface area (Å²) in [6, 6.07) is 14.2. The molecule has 2 rings (SSSR count). The summed E-state index contributed by atoms with van der Waals surface area (Å²) in [7, 11) is 0. The largest absolute Gasteiger partial charge is 0.459 e. The summed E-state index contributed by atoms with van der Waals surface area (Å²) in [6.07, 6.45) is 1.94. The molecule has 1 amide bonds. The number of nitrogens with one attached hydrogen (secondary N) is 1. The summed E-state index contributed by atoms with van der Waals surface area (Å²) in [5.74, 6) is -0.499. The lowest BCUT2D eigenvalue weighted by atomic mass is 10.1. The Bertz CT molecular complexity index is 727. The highest BCUT2D eigenvalue weighted by molar-refractivity contribution is 5.81. The maximum Gasteiger partial charge on any atom is 0.408 e. The summed E-state index contributed by atoms with van der Waals surface area (Å²) in [4.78, 5) is 28.9. The average Bonchev–Trinajstić information content (AvgIpc) is 2.63. The van der Waals surface area contributed by atoms with Crippen LogP contribution in [0.2, 0.25) is 0 Å². The number of ether oxygens (including phenoxy) is 2. The number of carbonyl (C=O) groups excluding carboxylic acids is 2. The molecule has 1 N–H and O–H groups in total. The number of aromatic nitrogens is 1. The van der Waals surface area contributed by atoms with Crippen LogP contribution in [0.3, 0.4) is 0 Å². The van der Waals surface area contributed by atoms with Gasteiger partial charge in [-0.05, 0) is 51.3 Å². The second kappa shape index (κ2) is 9.71. The van der Waals surface area contributed by atoms with Crippen LogP contribution in [0.5, 0.6) is 0 Å². The van der Waals surface area contributed by atoms with Crippen molar-refractivity contribution in [2.24, 2.45) is 0 Å². The van der Waals surface area contributed by atoms with Crippen molar-refractivity contribution in [1.29, 1.82) is 0 Å². The summed E-state index contributed by atoms with van der Waals surface area (Å²) in [6.45, 7) is 5.45. The van der Waals surface area contributed by atoms with E-state index in [1.807, 2.05) is 48.5 Å². The highest BCUT2D eigenvalue weighted by Gasteiger charge is 2.25. The van der Waals surface area contributed by atoms with E-state index in [-0.39, 0.29) is 6.61 Å². The number of nitrogens with zero attached hydrogens (tertiary/aromatic N) is 1. The highest BCUT2D eigenvalue weighted by Crippen LogP contribution is 2.10. The van der Waals surface area contributed by atoms with E-state index in [4.69, 9.17) is 9.47 Å². The van der Waals surface area contributed by atoms with Gasteiger partial charge in [0.05, 0.1) is 0 Å². The predicted molar refractivity (Wildman–Crippen MR) is 102 cm³/mol. The van der Waals surface area contributed by atoms with Crippen molar-refractivity contribution in [2.75, 3.05) is 0 Å². The molecule has 1 aromatic carbocycles. The predicted octanol–water partition coefficient (Wildman–Crippen LogP) is 3.65. The second-order valence-electron chi connectivity index (χ2n) is 7.15. The van der Waals surface area contributed by atoms with Gasteiger partial charge in [-0.25, -0.2) is 9.59 Å². The molecule has 0 saturated carbocycles. The highest BCUT2D eigenvalue weighted by atomic mass is 16.6. The van der Waals surface area contributed by atoms with Crippen LogP contribution in [-0.2, 0) is 27.3 Å². The lowest BCUT2D eigenvalue weighted by Crippen LogP contribution is -2.44. The van der Waals surface area contributed by atoms with Crippen LogP contribution < -0.4 is 5.32 Å². The molecule has 0 unspecified atom stereocenters. The number of benzene rings is 1. The van der Waals surface area contributed by atoms with E-state index in [0.29, 0.717) is 12.8 Å². The number of aryl methyl sites for hydroxylation is 1. The first kappa shape index (κ1) is 20.4. The summed E-state index contributed by atoms with van der Waals surface area (Å²) in [5, 5.41) is 2.62. The van der Waals surface area contributed by atoms with E-state index in [2.05, 4.69) is 10.3 Å². The van der Waals surface area contributed by atoms with Crippen LogP contribution in [0.4, 0.5) is 4.79 Å². The number of amides is 1. The molecular weight excluding hydrogens is 344 g/mol. The Hall–Kier alpha value is -2.89. The topological polar surface area (TPSA) is 77.5 Å². The van der Waals surface area contributed by atoms with Crippen molar-refractivity contribution in [3.8, 4) is 0 Å². The summed E-state index contributed by atoms with van der Waals surface area (Å²) in [5.41, 5.74) is 1.07. The molecule has 1 heterocycles. The Labute approximate surface area is 159 Å². The number of hydrogen-bond acceptors (Lipinski definition) is 5. The fourth-order valence-corrected chi connectivity index (χ4v) is 2.37. The number of hydrogen-bond donors (Lipinski definition) is 1. The first-order chi connectivity index (χ1) is 12.8. The molecule has 0 fully saturated rings. The first-order valence-electron chi connectivity index (χ1n) is 8.93. The average molecular weight is 370 g/mol.